The Kier molecular flexibility index (Phi) is 5.07. The third kappa shape index (κ3) is 3.54. The normalized spacial score (nSPS) is 10.4. The summed E-state index contributed by atoms with van der Waals surface area (Å²) in [5, 5.41) is 0.868. The first-order chi connectivity index (χ1) is 9.63. The minimum absolute atomic E-state index is 0.861. The van der Waals surface area contributed by atoms with Gasteiger partial charge in [0.15, 0.2) is 0 Å². The molecule has 0 aliphatic heterocycles. The molecule has 2 aromatic rings. The lowest BCUT2D eigenvalue weighted by Crippen LogP contribution is -2.17. The molecule has 0 heterocycles. The van der Waals surface area contributed by atoms with Gasteiger partial charge in [0.05, 0.1) is 7.11 Å². The fourth-order valence-corrected chi connectivity index (χ4v) is 2.77. The fraction of sp³-hybridized carbons (Fsp3) is 0.294. The van der Waals surface area contributed by atoms with Gasteiger partial charge in [-0.1, -0.05) is 45.8 Å². The first-order valence-corrected chi connectivity index (χ1v) is 7.75. The summed E-state index contributed by atoms with van der Waals surface area (Å²) in [6.45, 7) is 2.98. The van der Waals surface area contributed by atoms with E-state index in [1.807, 2.05) is 12.1 Å². The second-order valence-electron chi connectivity index (χ2n) is 4.97. The fourth-order valence-electron chi connectivity index (χ4n) is 2.32. The highest BCUT2D eigenvalue weighted by Crippen LogP contribution is 2.25. The van der Waals surface area contributed by atoms with Crippen LogP contribution in [0.2, 0.25) is 0 Å². The minimum Gasteiger partial charge on any atom is -0.497 e. The molecule has 20 heavy (non-hydrogen) atoms. The summed E-state index contributed by atoms with van der Waals surface area (Å²) in [6, 6.07) is 14.8. The molecule has 0 spiro atoms. The summed E-state index contributed by atoms with van der Waals surface area (Å²) < 4.78 is 5.28. The monoisotopic (exact) mass is 333 g/mol. The molecular formula is C17H20BrNO. The zero-order valence-electron chi connectivity index (χ0n) is 12.2. The number of nitrogens with zero attached hydrogens (tertiary/aromatic N) is 1. The Morgan fingerprint density at radius 2 is 1.95 bits per heavy atom. The zero-order valence-corrected chi connectivity index (χ0v) is 13.8. The molecule has 0 N–H and O–H groups in total. The Hall–Kier alpha value is -1.48. The molecule has 2 nitrogen and oxygen atoms in total. The molecule has 0 fully saturated rings. The van der Waals surface area contributed by atoms with Crippen molar-refractivity contribution >= 4 is 21.6 Å². The van der Waals surface area contributed by atoms with E-state index in [4.69, 9.17) is 4.74 Å². The van der Waals surface area contributed by atoms with Crippen molar-refractivity contribution in [1.29, 1.82) is 0 Å². The highest BCUT2D eigenvalue weighted by atomic mass is 79.9. The third-order valence-electron chi connectivity index (χ3n) is 3.34. The molecule has 0 saturated heterocycles. The highest BCUT2D eigenvalue weighted by molar-refractivity contribution is 9.08. The van der Waals surface area contributed by atoms with E-state index < -0.39 is 0 Å². The third-order valence-corrected chi connectivity index (χ3v) is 3.95. The van der Waals surface area contributed by atoms with E-state index in [2.05, 4.69) is 65.1 Å². The average Bonchev–Trinajstić information content (AvgIpc) is 2.47. The number of halogens is 1. The van der Waals surface area contributed by atoms with Crippen LogP contribution >= 0.6 is 15.9 Å². The molecule has 0 amide bonds. The van der Waals surface area contributed by atoms with Crippen LogP contribution in [-0.4, -0.2) is 14.2 Å². The average molecular weight is 334 g/mol. The van der Waals surface area contributed by atoms with E-state index in [-0.39, 0.29) is 0 Å². The predicted octanol–water partition coefficient (Wildman–Crippen LogP) is 4.53. The molecule has 0 bridgehead atoms. The lowest BCUT2D eigenvalue weighted by Gasteiger charge is -2.22. The quantitative estimate of drug-likeness (QED) is 0.745. The van der Waals surface area contributed by atoms with Crippen LogP contribution in [0.1, 0.15) is 16.7 Å². The van der Waals surface area contributed by atoms with Crippen molar-refractivity contribution < 1.29 is 4.74 Å². The van der Waals surface area contributed by atoms with E-state index in [9.17, 15) is 0 Å². The predicted molar refractivity (Wildman–Crippen MR) is 88.9 cm³/mol. The summed E-state index contributed by atoms with van der Waals surface area (Å²) in [6.07, 6.45) is 0. The SMILES string of the molecule is COc1cccc(CN(C)c2ccc(C)cc2CBr)c1. The van der Waals surface area contributed by atoms with Crippen LogP contribution in [0.5, 0.6) is 5.75 Å². The van der Waals surface area contributed by atoms with Crippen molar-refractivity contribution in [2.45, 2.75) is 18.8 Å². The Balaban J connectivity index is 2.21. The zero-order chi connectivity index (χ0) is 14.5. The number of rotatable bonds is 5. The van der Waals surface area contributed by atoms with E-state index in [0.29, 0.717) is 0 Å². The second kappa shape index (κ2) is 6.80. The molecule has 0 radical (unpaired) electrons. The van der Waals surface area contributed by atoms with Crippen LogP contribution in [-0.2, 0) is 11.9 Å². The molecule has 2 rings (SSSR count). The molecule has 0 atom stereocenters. The number of alkyl halides is 1. The van der Waals surface area contributed by atoms with Gasteiger partial charge in [-0.2, -0.15) is 0 Å². The summed E-state index contributed by atoms with van der Waals surface area (Å²) in [5.74, 6) is 0.903. The van der Waals surface area contributed by atoms with Crippen molar-refractivity contribution in [1.82, 2.24) is 0 Å². The van der Waals surface area contributed by atoms with Crippen LogP contribution in [0.25, 0.3) is 0 Å². The molecule has 0 aromatic heterocycles. The van der Waals surface area contributed by atoms with Crippen LogP contribution in [0.4, 0.5) is 5.69 Å². The van der Waals surface area contributed by atoms with Crippen molar-refractivity contribution in [2.24, 2.45) is 0 Å². The number of aryl methyl sites for hydroxylation is 1. The Bertz CT molecular complexity index is 583. The lowest BCUT2D eigenvalue weighted by molar-refractivity contribution is 0.414. The van der Waals surface area contributed by atoms with Gasteiger partial charge in [-0.15, -0.1) is 0 Å². The standard InChI is InChI=1S/C17H20BrNO/c1-13-7-8-17(15(9-13)11-18)19(2)12-14-5-4-6-16(10-14)20-3/h4-10H,11-12H2,1-3H3. The van der Waals surface area contributed by atoms with Crippen molar-refractivity contribution in [2.75, 3.05) is 19.1 Å². The van der Waals surface area contributed by atoms with Gasteiger partial charge >= 0.3 is 0 Å². The van der Waals surface area contributed by atoms with Gasteiger partial charge in [-0.3, -0.25) is 0 Å². The molecule has 2 aromatic carbocycles. The van der Waals surface area contributed by atoms with Crippen molar-refractivity contribution in [3.05, 3.63) is 59.2 Å². The Labute approximate surface area is 129 Å². The molecule has 0 aliphatic rings. The number of ether oxygens (including phenoxy) is 1. The van der Waals surface area contributed by atoms with E-state index in [1.54, 1.807) is 7.11 Å². The first-order valence-electron chi connectivity index (χ1n) is 6.63. The summed E-state index contributed by atoms with van der Waals surface area (Å²) in [7, 11) is 3.82. The van der Waals surface area contributed by atoms with Crippen molar-refractivity contribution in [3.8, 4) is 5.75 Å². The second-order valence-corrected chi connectivity index (χ2v) is 5.53. The smallest absolute Gasteiger partial charge is 0.119 e. The van der Waals surface area contributed by atoms with Gasteiger partial charge in [0.2, 0.25) is 0 Å². The van der Waals surface area contributed by atoms with Crippen LogP contribution in [0, 0.1) is 6.92 Å². The number of benzene rings is 2. The Morgan fingerprint density at radius 3 is 2.65 bits per heavy atom. The summed E-state index contributed by atoms with van der Waals surface area (Å²) in [4.78, 5) is 2.27. The molecule has 0 saturated carbocycles. The van der Waals surface area contributed by atoms with Crippen LogP contribution in [0.15, 0.2) is 42.5 Å². The van der Waals surface area contributed by atoms with Gasteiger partial charge in [-0.25, -0.2) is 0 Å². The highest BCUT2D eigenvalue weighted by Gasteiger charge is 2.08. The van der Waals surface area contributed by atoms with E-state index in [0.717, 1.165) is 17.6 Å². The van der Waals surface area contributed by atoms with E-state index >= 15 is 0 Å². The van der Waals surface area contributed by atoms with Gasteiger partial charge in [0, 0.05) is 24.6 Å². The van der Waals surface area contributed by atoms with Crippen molar-refractivity contribution in [3.63, 3.8) is 0 Å². The molecule has 106 valence electrons. The molecule has 3 heteroatoms. The van der Waals surface area contributed by atoms with Gasteiger partial charge < -0.3 is 9.64 Å². The number of methoxy groups -OCH3 is 1. The number of anilines is 1. The maximum absolute atomic E-state index is 5.28. The summed E-state index contributed by atoms with van der Waals surface area (Å²) >= 11 is 3.57. The lowest BCUT2D eigenvalue weighted by atomic mass is 10.1. The number of hydrogen-bond acceptors (Lipinski definition) is 2. The van der Waals surface area contributed by atoms with Crippen LogP contribution in [0.3, 0.4) is 0 Å². The van der Waals surface area contributed by atoms with E-state index in [1.165, 1.54) is 22.4 Å². The van der Waals surface area contributed by atoms with Crippen LogP contribution < -0.4 is 9.64 Å². The largest absolute Gasteiger partial charge is 0.497 e. The maximum Gasteiger partial charge on any atom is 0.119 e. The Morgan fingerprint density at radius 1 is 1.15 bits per heavy atom. The van der Waals surface area contributed by atoms with Gasteiger partial charge in [0.25, 0.3) is 0 Å². The van der Waals surface area contributed by atoms with Gasteiger partial charge in [0.1, 0.15) is 5.75 Å². The topological polar surface area (TPSA) is 12.5 Å². The summed E-state index contributed by atoms with van der Waals surface area (Å²) in [5.41, 5.74) is 5.11. The molecule has 0 aliphatic carbocycles. The molecular weight excluding hydrogens is 314 g/mol. The van der Waals surface area contributed by atoms with Gasteiger partial charge in [-0.05, 0) is 36.2 Å². The minimum atomic E-state index is 0.861. The first kappa shape index (κ1) is 14.9. The maximum atomic E-state index is 5.28. The number of hydrogen-bond donors (Lipinski definition) is 0. The molecule has 0 unspecified atom stereocenters.